The monoisotopic (exact) mass is 895 g/mol. The Kier molecular flexibility index (Phi) is 13.7. The van der Waals surface area contributed by atoms with Crippen LogP contribution in [0.4, 0.5) is 4.79 Å². The molecule has 7 rings (SSSR count). The Bertz CT molecular complexity index is 2240. The van der Waals surface area contributed by atoms with E-state index in [2.05, 4.69) is 5.32 Å². The molecule has 2 bridgehead atoms. The van der Waals surface area contributed by atoms with E-state index in [0.29, 0.717) is 41.9 Å². The number of alkyl carbamates (subject to hydrolysis) is 1. The fourth-order valence-corrected chi connectivity index (χ4v) is 11.2. The Morgan fingerprint density at radius 2 is 1.57 bits per heavy atom. The van der Waals surface area contributed by atoms with Crippen LogP contribution in [-0.2, 0) is 44.4 Å². The lowest BCUT2D eigenvalue weighted by Gasteiger charge is -2.65. The molecule has 11 atom stereocenters. The van der Waals surface area contributed by atoms with Crippen LogP contribution in [0, 0.1) is 28.6 Å². The number of ketones is 1. The number of fused-ring (bicyclic) bond motifs is 5. The van der Waals surface area contributed by atoms with E-state index in [9.17, 15) is 14.7 Å². The first-order valence-corrected chi connectivity index (χ1v) is 22.6. The lowest BCUT2D eigenvalue weighted by molar-refractivity contribution is -0.278. The van der Waals surface area contributed by atoms with Crippen molar-refractivity contribution in [2.24, 2.45) is 28.6 Å². The van der Waals surface area contributed by atoms with Crippen LogP contribution < -0.4 is 10.1 Å². The average Bonchev–Trinajstić information content (AvgIpc) is 3.26. The number of rotatable bonds is 13. The van der Waals surface area contributed by atoms with Crippen molar-refractivity contribution in [2.45, 2.75) is 122 Å². The predicted molar refractivity (Wildman–Crippen MR) is 241 cm³/mol. The van der Waals surface area contributed by atoms with Gasteiger partial charge in [-0.25, -0.2) is 14.4 Å². The molecule has 3 fully saturated rings. The first-order chi connectivity index (χ1) is 30.7. The summed E-state index contributed by atoms with van der Waals surface area (Å²) >= 11 is 0. The maximum Gasteiger partial charge on any atom is 0.408 e. The highest BCUT2D eigenvalue weighted by atomic mass is 16.6. The Labute approximate surface area is 382 Å². The van der Waals surface area contributed by atoms with Gasteiger partial charge in [-0.15, -0.1) is 0 Å². The molecular formula is C52H65NO12. The molecule has 1 heterocycles. The summed E-state index contributed by atoms with van der Waals surface area (Å²) in [5.74, 6) is -2.67. The summed E-state index contributed by atoms with van der Waals surface area (Å²) in [7, 11) is 3.16. The largest absolute Gasteiger partial charge is 0.497 e. The first kappa shape index (κ1) is 47.9. The van der Waals surface area contributed by atoms with Gasteiger partial charge < -0.3 is 43.6 Å². The van der Waals surface area contributed by atoms with Crippen LogP contribution in [0.3, 0.4) is 0 Å². The van der Waals surface area contributed by atoms with Crippen LogP contribution in [-0.4, -0.2) is 98.1 Å². The average molecular weight is 896 g/mol. The number of amides is 1. The van der Waals surface area contributed by atoms with E-state index in [1.807, 2.05) is 65.0 Å². The van der Waals surface area contributed by atoms with Crippen LogP contribution in [0.1, 0.15) is 95.8 Å². The third-order valence-corrected chi connectivity index (χ3v) is 14.6. The van der Waals surface area contributed by atoms with Gasteiger partial charge >= 0.3 is 18.0 Å². The minimum atomic E-state index is -1.91. The first-order valence-electron chi connectivity index (χ1n) is 22.6. The molecule has 13 nitrogen and oxygen atoms in total. The summed E-state index contributed by atoms with van der Waals surface area (Å²) in [6.07, 6.45) is -4.80. The summed E-state index contributed by atoms with van der Waals surface area (Å²) in [5.41, 5.74) is -2.22. The van der Waals surface area contributed by atoms with Crippen LogP contribution in [0.5, 0.6) is 5.75 Å². The summed E-state index contributed by atoms with van der Waals surface area (Å²) in [5, 5.41) is 16.7. The lowest BCUT2D eigenvalue weighted by atomic mass is 9.45. The number of hydrogen-bond donors (Lipinski definition) is 2. The Morgan fingerprint density at radius 3 is 2.15 bits per heavy atom. The summed E-state index contributed by atoms with van der Waals surface area (Å²) in [4.78, 5) is 58.4. The molecule has 1 amide bonds. The number of methoxy groups -OCH3 is 2. The van der Waals surface area contributed by atoms with Gasteiger partial charge in [0.2, 0.25) is 0 Å². The number of hydrogen-bond acceptors (Lipinski definition) is 12. The van der Waals surface area contributed by atoms with Crippen LogP contribution in [0.2, 0.25) is 0 Å². The van der Waals surface area contributed by atoms with E-state index in [1.165, 1.54) is 0 Å². The van der Waals surface area contributed by atoms with Crippen molar-refractivity contribution in [2.75, 3.05) is 27.4 Å². The normalized spacial score (nSPS) is 30.2. The second kappa shape index (κ2) is 18.7. The minimum Gasteiger partial charge on any atom is -0.497 e. The van der Waals surface area contributed by atoms with E-state index < -0.39 is 82.4 Å². The number of ether oxygens (including phenoxy) is 7. The topological polar surface area (TPSA) is 165 Å². The van der Waals surface area contributed by atoms with Gasteiger partial charge in [0, 0.05) is 43.1 Å². The molecule has 0 unspecified atom stereocenters. The zero-order chi connectivity index (χ0) is 47.1. The maximum atomic E-state index is 15.4. The quantitative estimate of drug-likeness (QED) is 0.0975. The predicted octanol–water partition coefficient (Wildman–Crippen LogP) is 7.78. The van der Waals surface area contributed by atoms with Crippen molar-refractivity contribution >= 4 is 23.8 Å². The SMILES string of the molecule is COc1ccc(CCO[C@@H](C(=O)O[C@H]2C[C@@]3(O)[C@@H](OC(=O)c4ccccc4)[C@@H]4[C@@H]5CO[C@@H]5C[C@H](OC)[C@@]4(C)C(=O)[C@H](C)C(=C2C)C3(C)C)[C@@H](NC(=O)OC(C)(C)C)c2ccccc2)cc1. The molecule has 3 aromatic carbocycles. The molecule has 4 aliphatic rings. The van der Waals surface area contributed by atoms with Crippen LogP contribution >= 0.6 is 0 Å². The third kappa shape index (κ3) is 9.09. The molecule has 350 valence electrons. The van der Waals surface area contributed by atoms with Crippen LogP contribution in [0.25, 0.3) is 0 Å². The summed E-state index contributed by atoms with van der Waals surface area (Å²) < 4.78 is 42.9. The summed E-state index contributed by atoms with van der Waals surface area (Å²) in [6, 6.07) is 23.9. The number of carbonyl (C=O) groups is 4. The number of nitrogens with one attached hydrogen (secondary N) is 1. The molecule has 3 aliphatic carbocycles. The fraction of sp³-hybridized carbons (Fsp3) is 0.538. The van der Waals surface area contributed by atoms with Crippen molar-refractivity contribution in [3.05, 3.63) is 113 Å². The molecule has 13 heteroatoms. The van der Waals surface area contributed by atoms with Crippen molar-refractivity contribution in [1.82, 2.24) is 5.32 Å². The number of esters is 2. The summed E-state index contributed by atoms with van der Waals surface area (Å²) in [6.45, 7) is 14.9. The number of aliphatic hydroxyl groups is 1. The van der Waals surface area contributed by atoms with E-state index >= 15 is 9.59 Å². The van der Waals surface area contributed by atoms with Gasteiger partial charge in [-0.3, -0.25) is 4.79 Å². The van der Waals surface area contributed by atoms with Crippen molar-refractivity contribution in [3.8, 4) is 5.75 Å². The molecule has 65 heavy (non-hydrogen) atoms. The Hall–Kier alpha value is -5.08. The molecule has 1 aliphatic heterocycles. The molecule has 0 radical (unpaired) electrons. The lowest BCUT2D eigenvalue weighted by Crippen LogP contribution is -2.74. The van der Waals surface area contributed by atoms with Gasteiger partial charge in [-0.05, 0) is 87.6 Å². The standard InChI is InChI=1S/C52H65NO12/c1-30-38(63-47(56)43(61-26-25-32-21-23-35(59-9)24-22-32)42(33-17-13-11-14-18-33)53-48(57)65-49(3,4)5)28-52(58)45(64-46(55)34-19-15-12-16-20-34)41-36-29-62-37(36)27-39(60-10)51(41,8)44(54)31(2)40(30)50(52,6)7/h11-24,31,36-39,41-43,45,58H,25-29H2,1-10H3,(H,53,57)/t31-,36-,37-,38+,39+,41+,42+,43-,45+,51-,52-/m1/s1. The van der Waals surface area contributed by atoms with E-state index in [-0.39, 0.29) is 36.4 Å². The number of Topliss-reactive ketones (excluding diaryl/α,β-unsaturated/α-hetero) is 1. The fourth-order valence-electron chi connectivity index (χ4n) is 11.2. The van der Waals surface area contributed by atoms with Crippen LogP contribution in [0.15, 0.2) is 96.1 Å². The molecule has 2 saturated carbocycles. The highest BCUT2D eigenvalue weighted by molar-refractivity contribution is 5.92. The third-order valence-electron chi connectivity index (χ3n) is 14.6. The van der Waals surface area contributed by atoms with Gasteiger partial charge in [0.15, 0.2) is 6.10 Å². The van der Waals surface area contributed by atoms with Crippen molar-refractivity contribution in [1.29, 1.82) is 0 Å². The van der Waals surface area contributed by atoms with Crippen molar-refractivity contribution in [3.63, 3.8) is 0 Å². The Morgan fingerprint density at radius 1 is 0.923 bits per heavy atom. The van der Waals surface area contributed by atoms with Gasteiger partial charge in [0.25, 0.3) is 0 Å². The van der Waals surface area contributed by atoms with Gasteiger partial charge in [-0.1, -0.05) is 81.4 Å². The van der Waals surface area contributed by atoms with Gasteiger partial charge in [-0.2, -0.15) is 0 Å². The maximum absolute atomic E-state index is 15.4. The smallest absolute Gasteiger partial charge is 0.408 e. The zero-order valence-electron chi connectivity index (χ0n) is 39.3. The highest BCUT2D eigenvalue weighted by Crippen LogP contribution is 2.63. The molecule has 0 spiro atoms. The molecular weight excluding hydrogens is 831 g/mol. The zero-order valence-corrected chi connectivity index (χ0v) is 39.3. The van der Waals surface area contributed by atoms with Crippen molar-refractivity contribution < 1.29 is 57.4 Å². The Balaban J connectivity index is 1.32. The second-order valence-electron chi connectivity index (χ2n) is 19.8. The number of carbonyl (C=O) groups excluding carboxylic acids is 4. The van der Waals surface area contributed by atoms with Gasteiger partial charge in [0.1, 0.15) is 34.9 Å². The molecule has 0 aromatic heterocycles. The highest BCUT2D eigenvalue weighted by Gasteiger charge is 2.72. The van der Waals surface area contributed by atoms with Gasteiger partial charge in [0.05, 0.1) is 49.6 Å². The van der Waals surface area contributed by atoms with E-state index in [1.54, 1.807) is 89.6 Å². The molecule has 2 N–H and O–H groups in total. The molecule has 3 aromatic rings. The van der Waals surface area contributed by atoms with E-state index in [0.717, 1.165) is 5.56 Å². The second-order valence-corrected chi connectivity index (χ2v) is 19.8. The molecule has 1 saturated heterocycles. The minimum absolute atomic E-state index is 0.0573. The van der Waals surface area contributed by atoms with E-state index in [4.69, 9.17) is 33.2 Å². The number of benzene rings is 3.